The summed E-state index contributed by atoms with van der Waals surface area (Å²) in [4.78, 5) is 22.7. The molecule has 1 saturated carbocycles. The first-order chi connectivity index (χ1) is 15.2. The van der Waals surface area contributed by atoms with E-state index in [1.165, 1.54) is 0 Å². The number of hydrogen-bond donors (Lipinski definition) is 1. The zero-order chi connectivity index (χ0) is 21.4. The van der Waals surface area contributed by atoms with Crippen molar-refractivity contribution in [2.24, 2.45) is 0 Å². The molecule has 0 saturated heterocycles. The average molecular weight is 417 g/mol. The monoisotopic (exact) mass is 417 g/mol. The van der Waals surface area contributed by atoms with Crippen LogP contribution in [-0.2, 0) is 6.54 Å². The molecule has 8 nitrogen and oxygen atoms in total. The van der Waals surface area contributed by atoms with Crippen LogP contribution in [0.2, 0.25) is 0 Å². The average Bonchev–Trinajstić information content (AvgIpc) is 3.58. The first-order valence-corrected chi connectivity index (χ1v) is 10.2. The van der Waals surface area contributed by atoms with E-state index in [4.69, 9.17) is 14.5 Å². The lowest BCUT2D eigenvalue weighted by atomic mass is 10.2. The molecule has 1 fully saturated rings. The minimum atomic E-state index is -0.191. The van der Waals surface area contributed by atoms with E-state index in [2.05, 4.69) is 10.3 Å². The lowest BCUT2D eigenvalue weighted by molar-refractivity contribution is 0.414. The molecule has 8 heteroatoms. The maximum Gasteiger partial charge on any atom is 0.335 e. The molecule has 5 rings (SSSR count). The van der Waals surface area contributed by atoms with Gasteiger partial charge >= 0.3 is 5.69 Å². The van der Waals surface area contributed by atoms with E-state index < -0.39 is 0 Å². The fourth-order valence-corrected chi connectivity index (χ4v) is 3.61. The van der Waals surface area contributed by atoms with E-state index in [1.807, 2.05) is 48.5 Å². The van der Waals surface area contributed by atoms with Gasteiger partial charge in [-0.1, -0.05) is 18.2 Å². The van der Waals surface area contributed by atoms with Crippen LogP contribution in [0.4, 0.5) is 5.95 Å². The summed E-state index contributed by atoms with van der Waals surface area (Å²) in [5.41, 5.74) is 2.67. The minimum Gasteiger partial charge on any atom is -0.497 e. The number of hydrogen-bond acceptors (Lipinski definition) is 6. The molecule has 2 heterocycles. The number of anilines is 1. The number of nitrogens with zero attached hydrogens (tertiary/aromatic N) is 4. The van der Waals surface area contributed by atoms with E-state index in [0.29, 0.717) is 41.1 Å². The highest BCUT2D eigenvalue weighted by Gasteiger charge is 2.23. The van der Waals surface area contributed by atoms with Crippen LogP contribution >= 0.6 is 0 Å². The van der Waals surface area contributed by atoms with Crippen molar-refractivity contribution in [3.05, 3.63) is 70.8 Å². The van der Waals surface area contributed by atoms with E-state index in [9.17, 15) is 4.79 Å². The fraction of sp³-hybridized carbons (Fsp3) is 0.261. The molecule has 0 aliphatic heterocycles. The fourth-order valence-electron chi connectivity index (χ4n) is 3.61. The smallest absolute Gasteiger partial charge is 0.335 e. The molecule has 2 aromatic carbocycles. The van der Waals surface area contributed by atoms with Crippen molar-refractivity contribution in [1.29, 1.82) is 0 Å². The molecule has 0 spiro atoms. The van der Waals surface area contributed by atoms with Gasteiger partial charge in [0.2, 0.25) is 5.95 Å². The van der Waals surface area contributed by atoms with Gasteiger partial charge in [-0.25, -0.2) is 9.78 Å². The minimum absolute atomic E-state index is 0.191. The van der Waals surface area contributed by atoms with Crippen LogP contribution in [-0.4, -0.2) is 39.4 Å². The highest BCUT2D eigenvalue weighted by Crippen LogP contribution is 2.25. The van der Waals surface area contributed by atoms with E-state index >= 15 is 0 Å². The van der Waals surface area contributed by atoms with Gasteiger partial charge in [0.15, 0.2) is 5.65 Å². The Labute approximate surface area is 179 Å². The molecule has 2 aromatic heterocycles. The van der Waals surface area contributed by atoms with Crippen LogP contribution in [0.15, 0.2) is 59.5 Å². The number of aromatic nitrogens is 4. The Morgan fingerprint density at radius 3 is 2.55 bits per heavy atom. The van der Waals surface area contributed by atoms with Gasteiger partial charge in [0, 0.05) is 12.1 Å². The van der Waals surface area contributed by atoms with Gasteiger partial charge in [-0.15, -0.1) is 0 Å². The zero-order valence-corrected chi connectivity index (χ0v) is 17.4. The molecular formula is C23H23N5O3. The summed E-state index contributed by atoms with van der Waals surface area (Å²) in [7, 11) is 3.23. The van der Waals surface area contributed by atoms with Gasteiger partial charge in [-0.3, -0.25) is 9.13 Å². The molecule has 158 valence electrons. The molecule has 31 heavy (non-hydrogen) atoms. The Kier molecular flexibility index (Phi) is 4.82. The first-order valence-electron chi connectivity index (χ1n) is 10.2. The van der Waals surface area contributed by atoms with Gasteiger partial charge in [-0.2, -0.15) is 4.98 Å². The van der Waals surface area contributed by atoms with Crippen LogP contribution in [0.25, 0.3) is 16.9 Å². The number of methoxy groups -OCH3 is 2. The molecule has 1 aliphatic carbocycles. The van der Waals surface area contributed by atoms with E-state index in [0.717, 1.165) is 24.2 Å². The highest BCUT2D eigenvalue weighted by atomic mass is 16.5. The normalized spacial score (nSPS) is 13.4. The van der Waals surface area contributed by atoms with Gasteiger partial charge in [0.1, 0.15) is 17.0 Å². The molecule has 1 N–H and O–H groups in total. The van der Waals surface area contributed by atoms with Gasteiger partial charge in [0.05, 0.1) is 32.6 Å². The summed E-state index contributed by atoms with van der Waals surface area (Å²) in [5.74, 6) is 1.95. The summed E-state index contributed by atoms with van der Waals surface area (Å²) < 4.78 is 14.0. The van der Waals surface area contributed by atoms with Crippen molar-refractivity contribution in [1.82, 2.24) is 19.1 Å². The maximum absolute atomic E-state index is 13.6. The Morgan fingerprint density at radius 1 is 1.06 bits per heavy atom. The van der Waals surface area contributed by atoms with Gasteiger partial charge in [0.25, 0.3) is 0 Å². The van der Waals surface area contributed by atoms with Crippen LogP contribution in [0.1, 0.15) is 18.4 Å². The predicted octanol–water partition coefficient (Wildman–Crippen LogP) is 3.22. The van der Waals surface area contributed by atoms with Crippen molar-refractivity contribution < 1.29 is 9.47 Å². The van der Waals surface area contributed by atoms with Crippen molar-refractivity contribution in [2.75, 3.05) is 19.5 Å². The quantitative estimate of drug-likeness (QED) is 0.497. The molecular weight excluding hydrogens is 394 g/mol. The molecule has 4 aromatic rings. The van der Waals surface area contributed by atoms with Crippen molar-refractivity contribution >= 4 is 17.1 Å². The second-order valence-electron chi connectivity index (χ2n) is 7.58. The standard InChI is InChI=1S/C23H23N5O3/c1-30-18-7-3-5-15(11-18)14-27-21-20(13-24-22(26-21)25-16-9-10-16)28(23(27)29)17-6-4-8-19(12-17)31-2/h3-8,11-13,16H,9-10,14H2,1-2H3,(H,24,25,26). The van der Waals surface area contributed by atoms with Crippen LogP contribution in [0.3, 0.4) is 0 Å². The summed E-state index contributed by atoms with van der Waals surface area (Å²) >= 11 is 0. The third-order valence-electron chi connectivity index (χ3n) is 5.37. The SMILES string of the molecule is COc1cccc(Cn2c(=O)n(-c3cccc(OC)c3)c3cnc(NC4CC4)nc32)c1. The summed E-state index contributed by atoms with van der Waals surface area (Å²) in [6, 6.07) is 15.5. The Hall–Kier alpha value is -3.81. The van der Waals surface area contributed by atoms with E-state index in [-0.39, 0.29) is 5.69 Å². The molecule has 0 amide bonds. The predicted molar refractivity (Wildman–Crippen MR) is 118 cm³/mol. The largest absolute Gasteiger partial charge is 0.497 e. The topological polar surface area (TPSA) is 83.2 Å². The Bertz CT molecular complexity index is 1310. The summed E-state index contributed by atoms with van der Waals surface area (Å²) in [6.07, 6.45) is 3.93. The molecule has 0 atom stereocenters. The van der Waals surface area contributed by atoms with Crippen LogP contribution in [0.5, 0.6) is 11.5 Å². The third kappa shape index (κ3) is 3.72. The summed E-state index contributed by atoms with van der Waals surface area (Å²) in [6.45, 7) is 0.364. The number of benzene rings is 2. The molecule has 1 aliphatic rings. The molecule has 0 radical (unpaired) electrons. The Morgan fingerprint density at radius 2 is 1.81 bits per heavy atom. The molecule has 0 bridgehead atoms. The third-order valence-corrected chi connectivity index (χ3v) is 5.37. The maximum atomic E-state index is 13.6. The lowest BCUT2D eigenvalue weighted by Crippen LogP contribution is -2.24. The second kappa shape index (κ2) is 7.79. The number of ether oxygens (including phenoxy) is 2. The van der Waals surface area contributed by atoms with Crippen molar-refractivity contribution in [3.8, 4) is 17.2 Å². The number of nitrogens with one attached hydrogen (secondary N) is 1. The zero-order valence-electron chi connectivity index (χ0n) is 17.4. The van der Waals surface area contributed by atoms with Gasteiger partial charge < -0.3 is 14.8 Å². The number of imidazole rings is 1. The second-order valence-corrected chi connectivity index (χ2v) is 7.58. The Balaban J connectivity index is 1.67. The highest BCUT2D eigenvalue weighted by molar-refractivity contribution is 5.75. The summed E-state index contributed by atoms with van der Waals surface area (Å²) in [5, 5.41) is 3.32. The first kappa shape index (κ1) is 19.2. The van der Waals surface area contributed by atoms with E-state index in [1.54, 1.807) is 29.6 Å². The van der Waals surface area contributed by atoms with Crippen LogP contribution < -0.4 is 20.5 Å². The lowest BCUT2D eigenvalue weighted by Gasteiger charge is -2.06. The number of rotatable bonds is 7. The van der Waals surface area contributed by atoms with Crippen molar-refractivity contribution in [2.45, 2.75) is 25.4 Å². The van der Waals surface area contributed by atoms with Crippen molar-refractivity contribution in [3.63, 3.8) is 0 Å². The number of fused-ring (bicyclic) bond motifs is 1. The van der Waals surface area contributed by atoms with Gasteiger partial charge in [-0.05, 0) is 42.7 Å². The molecule has 0 unspecified atom stereocenters. The van der Waals surface area contributed by atoms with Crippen LogP contribution in [0, 0.1) is 0 Å².